The zero-order chi connectivity index (χ0) is 15.0. The maximum atomic E-state index is 12.1. The number of carbonyl (C=O) groups is 2. The van der Waals surface area contributed by atoms with Gasteiger partial charge in [-0.1, -0.05) is 12.1 Å². The lowest BCUT2D eigenvalue weighted by Crippen LogP contribution is -2.40. The molecule has 0 saturated carbocycles. The van der Waals surface area contributed by atoms with Crippen molar-refractivity contribution in [2.45, 2.75) is 33.1 Å². The molecule has 1 aromatic carbocycles. The van der Waals surface area contributed by atoms with Gasteiger partial charge in [-0.25, -0.2) is 4.79 Å². The minimum Gasteiger partial charge on any atom is -0.481 e. The molecule has 1 aromatic rings. The van der Waals surface area contributed by atoms with Gasteiger partial charge in [-0.05, 0) is 44.4 Å². The molecule has 0 heterocycles. The van der Waals surface area contributed by atoms with Crippen LogP contribution in [0.15, 0.2) is 24.3 Å². The van der Waals surface area contributed by atoms with E-state index in [9.17, 15) is 9.59 Å². The fraction of sp³-hybridized carbons (Fsp3) is 0.467. The lowest BCUT2D eigenvalue weighted by atomic mass is 10.2. The molecule has 5 nitrogen and oxygen atoms in total. The Balaban J connectivity index is 2.45. The van der Waals surface area contributed by atoms with Gasteiger partial charge in [-0.3, -0.25) is 9.69 Å². The number of rotatable bonds is 7. The van der Waals surface area contributed by atoms with Crippen LogP contribution in [0.5, 0.6) is 0 Å². The van der Waals surface area contributed by atoms with Crippen LogP contribution in [0.2, 0.25) is 0 Å². The first kappa shape index (κ1) is 16.0. The smallest absolute Gasteiger partial charge is 0.321 e. The fourth-order valence-corrected chi connectivity index (χ4v) is 1.93. The van der Waals surface area contributed by atoms with Gasteiger partial charge in [0.2, 0.25) is 0 Å². The number of unbranched alkanes of at least 4 members (excludes halogenated alkanes) is 1. The van der Waals surface area contributed by atoms with Crippen molar-refractivity contribution < 1.29 is 14.7 Å². The van der Waals surface area contributed by atoms with Crippen LogP contribution in [-0.2, 0) is 4.79 Å². The summed E-state index contributed by atoms with van der Waals surface area (Å²) in [6.45, 7) is 4.99. The summed E-state index contributed by atoms with van der Waals surface area (Å²) in [5.74, 6) is -0.800. The quantitative estimate of drug-likeness (QED) is 0.753. The summed E-state index contributed by atoms with van der Waals surface area (Å²) in [4.78, 5) is 24.1. The van der Waals surface area contributed by atoms with E-state index in [4.69, 9.17) is 5.11 Å². The zero-order valence-corrected chi connectivity index (χ0v) is 12.1. The predicted molar refractivity (Wildman–Crippen MR) is 79.1 cm³/mol. The number of hydrogen-bond acceptors (Lipinski definition) is 2. The number of urea groups is 1. The van der Waals surface area contributed by atoms with Gasteiger partial charge in [0.15, 0.2) is 0 Å². The summed E-state index contributed by atoms with van der Waals surface area (Å²) in [5.41, 5.74) is 1.98. The van der Waals surface area contributed by atoms with Crippen molar-refractivity contribution in [2.75, 3.05) is 18.0 Å². The molecule has 0 aliphatic rings. The van der Waals surface area contributed by atoms with Gasteiger partial charge in [-0.15, -0.1) is 0 Å². The van der Waals surface area contributed by atoms with Crippen molar-refractivity contribution in [3.8, 4) is 0 Å². The summed E-state index contributed by atoms with van der Waals surface area (Å²) >= 11 is 0. The van der Waals surface area contributed by atoms with Crippen LogP contribution in [0.1, 0.15) is 31.7 Å². The zero-order valence-electron chi connectivity index (χ0n) is 12.1. The van der Waals surface area contributed by atoms with E-state index in [1.165, 1.54) is 0 Å². The maximum absolute atomic E-state index is 12.1. The standard InChI is InChI=1S/C15H22N2O3/c1-3-17(13-8-6-7-12(2)11-13)15(20)16-10-5-4-9-14(18)19/h6-8,11H,3-5,9-10H2,1-2H3,(H,16,20)(H,18,19). The van der Waals surface area contributed by atoms with Crippen molar-refractivity contribution in [3.63, 3.8) is 0 Å². The minimum atomic E-state index is -0.800. The molecular weight excluding hydrogens is 256 g/mol. The second-order valence-electron chi connectivity index (χ2n) is 4.67. The lowest BCUT2D eigenvalue weighted by Gasteiger charge is -2.22. The number of carbonyl (C=O) groups excluding carboxylic acids is 1. The summed E-state index contributed by atoms with van der Waals surface area (Å²) in [6, 6.07) is 7.64. The fourth-order valence-electron chi connectivity index (χ4n) is 1.93. The van der Waals surface area contributed by atoms with Crippen LogP contribution >= 0.6 is 0 Å². The summed E-state index contributed by atoms with van der Waals surface area (Å²) in [5, 5.41) is 11.3. The number of anilines is 1. The number of benzene rings is 1. The van der Waals surface area contributed by atoms with E-state index < -0.39 is 5.97 Å². The molecule has 0 aromatic heterocycles. The average Bonchev–Trinajstić information content (AvgIpc) is 2.39. The summed E-state index contributed by atoms with van der Waals surface area (Å²) < 4.78 is 0. The van der Waals surface area contributed by atoms with Crippen molar-refractivity contribution in [2.24, 2.45) is 0 Å². The Morgan fingerprint density at radius 1 is 1.30 bits per heavy atom. The Hall–Kier alpha value is -2.04. The molecule has 110 valence electrons. The monoisotopic (exact) mass is 278 g/mol. The number of aliphatic carboxylic acids is 1. The first-order valence-corrected chi connectivity index (χ1v) is 6.88. The van der Waals surface area contributed by atoms with Gasteiger partial charge < -0.3 is 10.4 Å². The first-order valence-electron chi connectivity index (χ1n) is 6.88. The highest BCUT2D eigenvalue weighted by atomic mass is 16.4. The first-order chi connectivity index (χ1) is 9.54. The normalized spacial score (nSPS) is 10.1. The van der Waals surface area contributed by atoms with Gasteiger partial charge in [-0.2, -0.15) is 0 Å². The molecular formula is C15H22N2O3. The highest BCUT2D eigenvalue weighted by Gasteiger charge is 2.12. The van der Waals surface area contributed by atoms with Crippen LogP contribution in [-0.4, -0.2) is 30.2 Å². The number of nitrogens with one attached hydrogen (secondary N) is 1. The predicted octanol–water partition coefficient (Wildman–Crippen LogP) is 2.79. The van der Waals surface area contributed by atoms with Gasteiger partial charge in [0, 0.05) is 25.2 Å². The van der Waals surface area contributed by atoms with Crippen LogP contribution < -0.4 is 10.2 Å². The molecule has 0 atom stereocenters. The van der Waals surface area contributed by atoms with Crippen molar-refractivity contribution >= 4 is 17.7 Å². The third-order valence-electron chi connectivity index (χ3n) is 2.97. The lowest BCUT2D eigenvalue weighted by molar-refractivity contribution is -0.137. The topological polar surface area (TPSA) is 69.6 Å². The molecule has 5 heteroatoms. The summed E-state index contributed by atoms with van der Waals surface area (Å²) in [6.07, 6.45) is 1.39. The second kappa shape index (κ2) is 8.19. The molecule has 0 aliphatic heterocycles. The molecule has 0 radical (unpaired) electrons. The van der Waals surface area contributed by atoms with Gasteiger partial charge in [0.05, 0.1) is 0 Å². The third kappa shape index (κ3) is 5.30. The van der Waals surface area contributed by atoms with Crippen LogP contribution in [0, 0.1) is 6.92 Å². The number of carboxylic acids is 1. The molecule has 20 heavy (non-hydrogen) atoms. The number of aryl methyl sites for hydroxylation is 1. The molecule has 0 unspecified atom stereocenters. The van der Waals surface area contributed by atoms with E-state index in [1.807, 2.05) is 38.1 Å². The number of hydrogen-bond donors (Lipinski definition) is 2. The van der Waals surface area contributed by atoms with Gasteiger partial charge in [0.1, 0.15) is 0 Å². The highest BCUT2D eigenvalue weighted by Crippen LogP contribution is 2.15. The van der Waals surface area contributed by atoms with Crippen LogP contribution in [0.3, 0.4) is 0 Å². The van der Waals surface area contributed by atoms with Crippen molar-refractivity contribution in [1.82, 2.24) is 5.32 Å². The Labute approximate surface area is 119 Å². The Morgan fingerprint density at radius 2 is 2.05 bits per heavy atom. The van der Waals surface area contributed by atoms with Gasteiger partial charge >= 0.3 is 12.0 Å². The van der Waals surface area contributed by atoms with E-state index in [1.54, 1.807) is 4.90 Å². The van der Waals surface area contributed by atoms with Crippen molar-refractivity contribution in [1.29, 1.82) is 0 Å². The molecule has 0 aliphatic carbocycles. The highest BCUT2D eigenvalue weighted by molar-refractivity contribution is 5.91. The molecule has 2 N–H and O–H groups in total. The molecule has 0 fully saturated rings. The number of nitrogens with zero attached hydrogens (tertiary/aromatic N) is 1. The second-order valence-corrected chi connectivity index (χ2v) is 4.67. The number of amides is 2. The molecule has 0 spiro atoms. The maximum Gasteiger partial charge on any atom is 0.321 e. The SMILES string of the molecule is CCN(C(=O)NCCCCC(=O)O)c1cccc(C)c1. The van der Waals surface area contributed by atoms with E-state index in [0.29, 0.717) is 25.9 Å². The minimum absolute atomic E-state index is 0.144. The molecule has 0 bridgehead atoms. The largest absolute Gasteiger partial charge is 0.481 e. The van der Waals surface area contributed by atoms with E-state index in [0.717, 1.165) is 11.3 Å². The Kier molecular flexibility index (Phi) is 6.56. The molecule has 1 rings (SSSR count). The number of carboxylic acid groups (broad SMARTS) is 1. The summed E-state index contributed by atoms with van der Waals surface area (Å²) in [7, 11) is 0. The molecule has 0 saturated heterocycles. The van der Waals surface area contributed by atoms with Crippen molar-refractivity contribution in [3.05, 3.63) is 29.8 Å². The Bertz CT molecular complexity index is 460. The molecule has 2 amide bonds. The van der Waals surface area contributed by atoms with Gasteiger partial charge in [0.25, 0.3) is 0 Å². The average molecular weight is 278 g/mol. The van der Waals surface area contributed by atoms with E-state index >= 15 is 0 Å². The van der Waals surface area contributed by atoms with E-state index in [-0.39, 0.29) is 12.5 Å². The third-order valence-corrected chi connectivity index (χ3v) is 2.97. The van der Waals surface area contributed by atoms with E-state index in [2.05, 4.69) is 5.32 Å². The van der Waals surface area contributed by atoms with Crippen LogP contribution in [0.25, 0.3) is 0 Å². The van der Waals surface area contributed by atoms with Crippen LogP contribution in [0.4, 0.5) is 10.5 Å². The Morgan fingerprint density at radius 3 is 2.65 bits per heavy atom.